The molecule has 3 heteroatoms. The molecule has 1 aromatic heterocycles. The number of aliphatic hydroxyl groups excluding tert-OH is 1. The number of hydrogen-bond acceptors (Lipinski definition) is 3. The maximum atomic E-state index is 9.63. The Morgan fingerprint density at radius 2 is 2.10 bits per heavy atom. The molecule has 3 nitrogen and oxygen atoms in total. The minimum atomic E-state index is -0.152. The fourth-order valence-corrected chi connectivity index (χ4v) is 2.73. The Morgan fingerprint density at radius 1 is 1.24 bits per heavy atom. The molecule has 1 unspecified atom stereocenters. The molecule has 1 fully saturated rings. The number of nitrogens with zero attached hydrogens (tertiary/aromatic N) is 1. The van der Waals surface area contributed by atoms with Crippen molar-refractivity contribution in [1.82, 2.24) is 10.3 Å². The van der Waals surface area contributed by atoms with E-state index in [4.69, 9.17) is 0 Å². The summed E-state index contributed by atoms with van der Waals surface area (Å²) in [7, 11) is 0. The molecule has 1 saturated carbocycles. The van der Waals surface area contributed by atoms with Crippen LogP contribution in [-0.4, -0.2) is 22.2 Å². The van der Waals surface area contributed by atoms with Gasteiger partial charge in [-0.3, -0.25) is 4.98 Å². The molecule has 0 aliphatic heterocycles. The lowest BCUT2D eigenvalue weighted by atomic mass is 9.96. The predicted molar refractivity (Wildman–Crippen MR) is 84.7 cm³/mol. The summed E-state index contributed by atoms with van der Waals surface area (Å²) in [5.41, 5.74) is 3.19. The first-order valence-electron chi connectivity index (χ1n) is 7.57. The normalized spacial score (nSPS) is 17.4. The Labute approximate surface area is 126 Å². The van der Waals surface area contributed by atoms with E-state index < -0.39 is 0 Å². The third kappa shape index (κ3) is 3.31. The van der Waals surface area contributed by atoms with Crippen molar-refractivity contribution < 1.29 is 5.11 Å². The van der Waals surface area contributed by atoms with Crippen molar-refractivity contribution in [3.63, 3.8) is 0 Å². The average Bonchev–Trinajstić information content (AvgIpc) is 3.39. The molecule has 110 valence electrons. The Kier molecular flexibility index (Phi) is 4.04. The molecule has 1 aliphatic rings. The van der Waals surface area contributed by atoms with Crippen LogP contribution < -0.4 is 5.32 Å². The largest absolute Gasteiger partial charge is 0.394 e. The van der Waals surface area contributed by atoms with E-state index in [9.17, 15) is 5.11 Å². The highest BCUT2D eigenvalue weighted by molar-refractivity contribution is 5.59. The summed E-state index contributed by atoms with van der Waals surface area (Å²) < 4.78 is 0. The molecule has 0 spiro atoms. The smallest absolute Gasteiger partial charge is 0.0702 e. The van der Waals surface area contributed by atoms with Crippen LogP contribution in [0.2, 0.25) is 0 Å². The van der Waals surface area contributed by atoms with E-state index in [1.807, 2.05) is 24.4 Å². The van der Waals surface area contributed by atoms with Gasteiger partial charge in [0.25, 0.3) is 0 Å². The molecule has 1 aliphatic carbocycles. The fraction of sp³-hybridized carbons (Fsp3) is 0.389. The molecule has 0 amide bonds. The summed E-state index contributed by atoms with van der Waals surface area (Å²) in [5, 5.41) is 13.2. The van der Waals surface area contributed by atoms with Crippen molar-refractivity contribution in [2.45, 2.75) is 31.8 Å². The molecular weight excluding hydrogens is 260 g/mol. The first-order chi connectivity index (χ1) is 10.2. The van der Waals surface area contributed by atoms with Gasteiger partial charge in [-0.25, -0.2) is 0 Å². The predicted octanol–water partition coefficient (Wildman–Crippen LogP) is 3.00. The molecule has 3 rings (SSSR count). The molecule has 2 aromatic rings. The molecule has 0 saturated heterocycles. The number of aliphatic hydroxyl groups is 1. The topological polar surface area (TPSA) is 45.1 Å². The van der Waals surface area contributed by atoms with E-state index in [1.54, 1.807) is 0 Å². The zero-order valence-corrected chi connectivity index (χ0v) is 12.4. The Balaban J connectivity index is 1.72. The first kappa shape index (κ1) is 14.2. The number of rotatable bonds is 6. The van der Waals surface area contributed by atoms with Gasteiger partial charge in [0.1, 0.15) is 0 Å². The van der Waals surface area contributed by atoms with Crippen LogP contribution in [0, 0.1) is 5.92 Å². The fourth-order valence-electron chi connectivity index (χ4n) is 2.73. The highest BCUT2D eigenvalue weighted by Crippen LogP contribution is 2.39. The Bertz CT molecular complexity index is 595. The minimum absolute atomic E-state index is 0.152. The summed E-state index contributed by atoms with van der Waals surface area (Å²) in [6, 6.07) is 14.4. The molecular formula is C18H22N2O. The van der Waals surface area contributed by atoms with Crippen molar-refractivity contribution in [2.24, 2.45) is 5.92 Å². The zero-order valence-electron chi connectivity index (χ0n) is 12.4. The van der Waals surface area contributed by atoms with Gasteiger partial charge in [-0.05, 0) is 49.4 Å². The van der Waals surface area contributed by atoms with Gasteiger partial charge in [0, 0.05) is 23.8 Å². The number of pyridine rings is 1. The Morgan fingerprint density at radius 3 is 2.76 bits per heavy atom. The number of nitrogens with one attached hydrogen (secondary N) is 1. The highest BCUT2D eigenvalue weighted by atomic mass is 16.3. The van der Waals surface area contributed by atoms with Crippen LogP contribution in [0.15, 0.2) is 48.7 Å². The molecule has 0 bridgehead atoms. The molecule has 21 heavy (non-hydrogen) atoms. The first-order valence-corrected chi connectivity index (χ1v) is 7.57. The van der Waals surface area contributed by atoms with Crippen LogP contribution in [-0.2, 0) is 6.54 Å². The van der Waals surface area contributed by atoms with Gasteiger partial charge in [0.2, 0.25) is 0 Å². The zero-order chi connectivity index (χ0) is 14.7. The van der Waals surface area contributed by atoms with Crippen LogP contribution in [0.1, 0.15) is 25.3 Å². The summed E-state index contributed by atoms with van der Waals surface area (Å²) in [6.07, 6.45) is 4.26. The van der Waals surface area contributed by atoms with E-state index in [1.165, 1.54) is 18.4 Å². The lowest BCUT2D eigenvalue weighted by Crippen LogP contribution is -2.47. The quantitative estimate of drug-likeness (QED) is 0.856. The van der Waals surface area contributed by atoms with Crippen molar-refractivity contribution >= 4 is 0 Å². The second-order valence-electron chi connectivity index (χ2n) is 6.12. The molecule has 2 N–H and O–H groups in total. The van der Waals surface area contributed by atoms with E-state index in [-0.39, 0.29) is 12.1 Å². The van der Waals surface area contributed by atoms with Gasteiger partial charge >= 0.3 is 0 Å². The number of aromatic nitrogens is 1. The summed E-state index contributed by atoms with van der Waals surface area (Å²) in [6.45, 7) is 3.08. The molecule has 0 radical (unpaired) electrons. The standard InChI is InChI=1S/C18H22N2O/c1-18(13-21,16-8-9-16)20-12-14-5-4-6-15(11-14)17-7-2-3-10-19-17/h2-7,10-11,16,20-21H,8-9,12-13H2,1H3. The average molecular weight is 282 g/mol. The van der Waals surface area contributed by atoms with E-state index in [0.29, 0.717) is 5.92 Å². The lowest BCUT2D eigenvalue weighted by molar-refractivity contribution is 0.153. The van der Waals surface area contributed by atoms with Gasteiger partial charge in [-0.15, -0.1) is 0 Å². The van der Waals surface area contributed by atoms with Crippen LogP contribution in [0.5, 0.6) is 0 Å². The van der Waals surface area contributed by atoms with Gasteiger partial charge in [0.05, 0.1) is 12.3 Å². The maximum Gasteiger partial charge on any atom is 0.0702 e. The highest BCUT2D eigenvalue weighted by Gasteiger charge is 2.40. The van der Waals surface area contributed by atoms with Gasteiger partial charge < -0.3 is 10.4 Å². The third-order valence-corrected chi connectivity index (χ3v) is 4.39. The van der Waals surface area contributed by atoms with Gasteiger partial charge in [0.15, 0.2) is 0 Å². The van der Waals surface area contributed by atoms with Crippen LogP contribution in [0.25, 0.3) is 11.3 Å². The second-order valence-corrected chi connectivity index (χ2v) is 6.12. The van der Waals surface area contributed by atoms with Crippen molar-refractivity contribution in [1.29, 1.82) is 0 Å². The second kappa shape index (κ2) is 5.96. The summed E-state index contributed by atoms with van der Waals surface area (Å²) >= 11 is 0. The molecule has 1 atom stereocenters. The van der Waals surface area contributed by atoms with Crippen molar-refractivity contribution in [3.05, 3.63) is 54.2 Å². The third-order valence-electron chi connectivity index (χ3n) is 4.39. The number of hydrogen-bond donors (Lipinski definition) is 2. The molecule has 1 aromatic carbocycles. The SMILES string of the molecule is CC(CO)(NCc1cccc(-c2ccccn2)c1)C1CC1. The summed E-state index contributed by atoms with van der Waals surface area (Å²) in [5.74, 6) is 0.612. The molecule has 1 heterocycles. The van der Waals surface area contributed by atoms with Crippen LogP contribution >= 0.6 is 0 Å². The van der Waals surface area contributed by atoms with E-state index >= 15 is 0 Å². The van der Waals surface area contributed by atoms with E-state index in [2.05, 4.69) is 41.5 Å². The van der Waals surface area contributed by atoms with Crippen molar-refractivity contribution in [3.8, 4) is 11.3 Å². The monoisotopic (exact) mass is 282 g/mol. The van der Waals surface area contributed by atoms with E-state index in [0.717, 1.165) is 17.8 Å². The lowest BCUT2D eigenvalue weighted by Gasteiger charge is -2.29. The number of benzene rings is 1. The summed E-state index contributed by atoms with van der Waals surface area (Å²) in [4.78, 5) is 4.39. The minimum Gasteiger partial charge on any atom is -0.394 e. The van der Waals surface area contributed by atoms with Crippen molar-refractivity contribution in [2.75, 3.05) is 6.61 Å². The van der Waals surface area contributed by atoms with Gasteiger partial charge in [-0.2, -0.15) is 0 Å². The van der Waals surface area contributed by atoms with Crippen LogP contribution in [0.4, 0.5) is 0 Å². The van der Waals surface area contributed by atoms with Gasteiger partial charge in [-0.1, -0.05) is 24.3 Å². The van der Waals surface area contributed by atoms with Crippen LogP contribution in [0.3, 0.4) is 0 Å². The Hall–Kier alpha value is -1.71. The maximum absolute atomic E-state index is 9.63.